The third-order valence-electron chi connectivity index (χ3n) is 4.58. The Bertz CT molecular complexity index is 991. The molecule has 1 aromatic carbocycles. The quantitative estimate of drug-likeness (QED) is 0.526. The second-order valence-corrected chi connectivity index (χ2v) is 6.64. The first-order valence-corrected chi connectivity index (χ1v) is 8.68. The van der Waals surface area contributed by atoms with Gasteiger partial charge in [0.05, 0.1) is 17.6 Å². The van der Waals surface area contributed by atoms with Crippen molar-refractivity contribution in [3.63, 3.8) is 0 Å². The van der Waals surface area contributed by atoms with Crippen LogP contribution in [0.2, 0.25) is 0 Å². The molecule has 1 aromatic heterocycles. The molecule has 1 aliphatic heterocycles. The van der Waals surface area contributed by atoms with Crippen molar-refractivity contribution >= 4 is 11.6 Å². The lowest BCUT2D eigenvalue weighted by Crippen LogP contribution is -2.31. The number of hydrogen-bond donors (Lipinski definition) is 3. The molecule has 0 saturated heterocycles. The summed E-state index contributed by atoms with van der Waals surface area (Å²) in [6.07, 6.45) is 0. The monoisotopic (exact) mass is 385 g/mol. The Balaban J connectivity index is 2.29. The number of nitro groups is 1. The van der Waals surface area contributed by atoms with Gasteiger partial charge in [0.1, 0.15) is 5.92 Å². The topological polar surface area (TPSA) is 158 Å². The minimum Gasteiger partial charge on any atom is -0.500 e. The zero-order chi connectivity index (χ0) is 20.6. The summed E-state index contributed by atoms with van der Waals surface area (Å²) in [5.41, 5.74) is 1.10. The molecule has 0 saturated carbocycles. The van der Waals surface area contributed by atoms with E-state index in [1.165, 1.54) is 12.1 Å². The number of phenols is 1. The number of rotatable bonds is 5. The number of hydrogen-bond acceptors (Lipinski definition) is 8. The molecular formula is C18H19N5O5. The number of nitrogens with one attached hydrogen (secondary N) is 2. The number of fused-ring (bicyclic) bond motifs is 1. The molecule has 0 radical (unpaired) electrons. The molecule has 0 fully saturated rings. The molecule has 28 heavy (non-hydrogen) atoms. The Morgan fingerprint density at radius 1 is 1.54 bits per heavy atom. The fourth-order valence-corrected chi connectivity index (χ4v) is 3.34. The van der Waals surface area contributed by atoms with Crippen LogP contribution in [0.25, 0.3) is 0 Å². The third-order valence-corrected chi connectivity index (χ3v) is 4.58. The summed E-state index contributed by atoms with van der Waals surface area (Å²) in [6.45, 7) is 5.73. The Morgan fingerprint density at radius 3 is 2.82 bits per heavy atom. The van der Waals surface area contributed by atoms with Crippen molar-refractivity contribution < 1.29 is 19.5 Å². The van der Waals surface area contributed by atoms with Crippen LogP contribution in [-0.4, -0.2) is 32.7 Å². The fourth-order valence-electron chi connectivity index (χ4n) is 3.34. The number of benzene rings is 1. The second-order valence-electron chi connectivity index (χ2n) is 6.64. The van der Waals surface area contributed by atoms with Gasteiger partial charge in [0, 0.05) is 23.2 Å². The summed E-state index contributed by atoms with van der Waals surface area (Å²) >= 11 is 0. The van der Waals surface area contributed by atoms with E-state index in [9.17, 15) is 20.5 Å². The lowest BCUT2D eigenvalue weighted by molar-refractivity contribution is -0.386. The minimum absolute atomic E-state index is 0.00689. The predicted molar refractivity (Wildman–Crippen MR) is 97.9 cm³/mol. The molecule has 3 N–H and O–H groups in total. The van der Waals surface area contributed by atoms with Crippen LogP contribution in [0.5, 0.6) is 17.4 Å². The van der Waals surface area contributed by atoms with E-state index in [0.717, 1.165) is 0 Å². The van der Waals surface area contributed by atoms with E-state index >= 15 is 0 Å². The van der Waals surface area contributed by atoms with Crippen LogP contribution in [-0.2, 0) is 0 Å². The highest BCUT2D eigenvalue weighted by Crippen LogP contribution is 2.48. The smallest absolute Gasteiger partial charge is 0.314 e. The molecular weight excluding hydrogens is 366 g/mol. The molecule has 2 unspecified atom stereocenters. The van der Waals surface area contributed by atoms with Crippen LogP contribution in [0.15, 0.2) is 12.1 Å². The number of nitro benzene ring substituents is 1. The van der Waals surface area contributed by atoms with Crippen molar-refractivity contribution in [3.8, 4) is 23.4 Å². The first kappa shape index (κ1) is 19.2. The number of nitrogens with zero attached hydrogens (tertiary/aromatic N) is 3. The van der Waals surface area contributed by atoms with Crippen molar-refractivity contribution in [1.29, 1.82) is 10.7 Å². The van der Waals surface area contributed by atoms with E-state index in [2.05, 4.69) is 10.2 Å². The Morgan fingerprint density at radius 2 is 2.25 bits per heavy atom. The molecule has 10 heteroatoms. The average molecular weight is 385 g/mol. The highest BCUT2D eigenvalue weighted by molar-refractivity contribution is 5.85. The number of aromatic nitrogens is 2. The first-order valence-electron chi connectivity index (χ1n) is 8.68. The molecule has 3 rings (SSSR count). The summed E-state index contributed by atoms with van der Waals surface area (Å²) < 4.78 is 10.8. The molecule has 146 valence electrons. The van der Waals surface area contributed by atoms with Gasteiger partial charge in [0.2, 0.25) is 17.5 Å². The van der Waals surface area contributed by atoms with Gasteiger partial charge in [-0.05, 0) is 24.5 Å². The minimum atomic E-state index is -1.01. The molecule has 0 aliphatic carbocycles. The van der Waals surface area contributed by atoms with Crippen LogP contribution < -0.4 is 9.47 Å². The zero-order valence-electron chi connectivity index (χ0n) is 15.5. The van der Waals surface area contributed by atoms with Gasteiger partial charge in [-0.3, -0.25) is 20.6 Å². The van der Waals surface area contributed by atoms with Gasteiger partial charge < -0.3 is 14.6 Å². The standard InChI is InChI=1S/C18H19N5O5/c1-4-27-12-6-9(5-11(16(12)24)23(25)26)13-10(7-19)17(20)28-18-14(13)15(8(2)3)21-22-18/h5-6,8,10,13,20,24H,4H2,1-3H3,(H,21,22). The number of H-pyrrole nitrogens is 1. The van der Waals surface area contributed by atoms with E-state index in [-0.39, 0.29) is 30.1 Å². The Kier molecular flexibility index (Phi) is 4.92. The van der Waals surface area contributed by atoms with Crippen molar-refractivity contribution in [2.24, 2.45) is 5.92 Å². The number of aromatic amines is 1. The Labute approximate surface area is 160 Å². The molecule has 2 atom stereocenters. The van der Waals surface area contributed by atoms with E-state index in [0.29, 0.717) is 16.8 Å². The fraction of sp³-hybridized carbons (Fsp3) is 0.389. The molecule has 2 heterocycles. The maximum atomic E-state index is 11.4. The molecule has 2 aromatic rings. The molecule has 1 aliphatic rings. The first-order chi connectivity index (χ1) is 13.3. The lowest BCUT2D eigenvalue weighted by Gasteiger charge is -2.28. The maximum Gasteiger partial charge on any atom is 0.314 e. The summed E-state index contributed by atoms with van der Waals surface area (Å²) in [7, 11) is 0. The van der Waals surface area contributed by atoms with Gasteiger partial charge in [0.25, 0.3) is 0 Å². The normalized spacial score (nSPS) is 18.3. The third kappa shape index (κ3) is 3.00. The Hall–Kier alpha value is -3.61. The van der Waals surface area contributed by atoms with Crippen LogP contribution >= 0.6 is 0 Å². The summed E-state index contributed by atoms with van der Waals surface area (Å²) in [5.74, 6) is -2.51. The average Bonchev–Trinajstić information content (AvgIpc) is 3.05. The van der Waals surface area contributed by atoms with Gasteiger partial charge in [-0.25, -0.2) is 0 Å². The number of ether oxygens (including phenoxy) is 2. The largest absolute Gasteiger partial charge is 0.500 e. The zero-order valence-corrected chi connectivity index (χ0v) is 15.5. The van der Waals surface area contributed by atoms with Gasteiger partial charge in [0.15, 0.2) is 5.75 Å². The van der Waals surface area contributed by atoms with Crippen LogP contribution in [0.4, 0.5) is 5.69 Å². The van der Waals surface area contributed by atoms with E-state index in [1.807, 2.05) is 19.9 Å². The van der Waals surface area contributed by atoms with Crippen molar-refractivity contribution in [3.05, 3.63) is 39.1 Å². The van der Waals surface area contributed by atoms with Crippen molar-refractivity contribution in [1.82, 2.24) is 10.2 Å². The summed E-state index contributed by atoms with van der Waals surface area (Å²) in [6, 6.07) is 4.71. The highest BCUT2D eigenvalue weighted by Gasteiger charge is 2.42. The van der Waals surface area contributed by atoms with E-state index < -0.39 is 28.2 Å². The molecule has 0 amide bonds. The SMILES string of the molecule is CCOc1cc(C2c3c(n[nH]c3C(C)C)OC(=N)C2C#N)cc([N+](=O)[O-])c1O. The molecule has 0 spiro atoms. The molecule has 0 bridgehead atoms. The van der Waals surface area contributed by atoms with Crippen LogP contribution in [0.1, 0.15) is 49.4 Å². The van der Waals surface area contributed by atoms with E-state index in [1.54, 1.807) is 6.92 Å². The van der Waals surface area contributed by atoms with Crippen molar-refractivity contribution in [2.45, 2.75) is 32.6 Å². The van der Waals surface area contributed by atoms with Crippen LogP contribution in [0.3, 0.4) is 0 Å². The van der Waals surface area contributed by atoms with Gasteiger partial charge in [-0.2, -0.15) is 5.26 Å². The highest BCUT2D eigenvalue weighted by atomic mass is 16.6. The summed E-state index contributed by atoms with van der Waals surface area (Å²) in [5, 5.41) is 46.3. The van der Waals surface area contributed by atoms with E-state index in [4.69, 9.17) is 14.9 Å². The molecule has 10 nitrogen and oxygen atoms in total. The van der Waals surface area contributed by atoms with Gasteiger partial charge >= 0.3 is 5.69 Å². The summed E-state index contributed by atoms with van der Waals surface area (Å²) in [4.78, 5) is 10.7. The van der Waals surface area contributed by atoms with Crippen LogP contribution in [0, 0.1) is 32.8 Å². The number of phenolic OH excluding ortho intramolecular Hbond substituents is 1. The number of nitriles is 1. The predicted octanol–water partition coefficient (Wildman–Crippen LogP) is 3.19. The maximum absolute atomic E-state index is 11.4. The van der Waals surface area contributed by atoms with Crippen molar-refractivity contribution in [2.75, 3.05) is 6.61 Å². The second kappa shape index (κ2) is 7.19. The number of aromatic hydroxyl groups is 1. The van der Waals surface area contributed by atoms with Gasteiger partial charge in [-0.1, -0.05) is 13.8 Å². The lowest BCUT2D eigenvalue weighted by atomic mass is 9.78. The van der Waals surface area contributed by atoms with Gasteiger partial charge in [-0.15, -0.1) is 5.10 Å².